The average molecular weight is 275 g/mol. The van der Waals surface area contributed by atoms with Crippen LogP contribution in [0.2, 0.25) is 13.1 Å². The summed E-state index contributed by atoms with van der Waals surface area (Å²) >= 11 is 0. The molecule has 0 N–H and O–H groups in total. The monoisotopic (exact) mass is 275 g/mol. The molecule has 1 heterocycles. The van der Waals surface area contributed by atoms with Gasteiger partial charge in [-0.2, -0.15) is 0 Å². The zero-order valence-corrected chi connectivity index (χ0v) is 13.1. The minimum atomic E-state index is -0.746. The van der Waals surface area contributed by atoms with E-state index in [0.717, 1.165) is 18.0 Å². The molecular weight excluding hydrogens is 252 g/mol. The molecule has 1 aromatic rings. The Balaban J connectivity index is 2.04. The molecule has 1 aromatic carbocycles. The lowest BCUT2D eigenvalue weighted by Crippen LogP contribution is -2.21. The van der Waals surface area contributed by atoms with Gasteiger partial charge in [0.05, 0.1) is 0 Å². The van der Waals surface area contributed by atoms with E-state index in [9.17, 15) is 0 Å². The number of hydrogen-bond acceptors (Lipinski definition) is 3. The highest BCUT2D eigenvalue weighted by molar-refractivity contribution is 6.49. The third kappa shape index (κ3) is 4.47. The first-order valence-electron chi connectivity index (χ1n) is 6.99. The van der Waals surface area contributed by atoms with Crippen LogP contribution in [-0.2, 0) is 0 Å². The maximum atomic E-state index is 5.90. The predicted molar refractivity (Wildman–Crippen MR) is 83.1 cm³/mol. The Morgan fingerprint density at radius 3 is 2.74 bits per heavy atom. The molecule has 1 fully saturated rings. The molecule has 0 atom stereocenters. The van der Waals surface area contributed by atoms with Gasteiger partial charge in [0.15, 0.2) is 0 Å². The topological polar surface area (TPSA) is 24.8 Å². The van der Waals surface area contributed by atoms with Crippen molar-refractivity contribution >= 4 is 20.9 Å². The maximum Gasteiger partial charge on any atom is 0.274 e. The van der Waals surface area contributed by atoms with Gasteiger partial charge in [0.25, 0.3) is 9.04 Å². The van der Waals surface area contributed by atoms with Gasteiger partial charge in [-0.1, -0.05) is 6.07 Å². The largest absolute Gasteiger partial charge is 0.541 e. The van der Waals surface area contributed by atoms with E-state index in [4.69, 9.17) is 4.43 Å². The summed E-state index contributed by atoms with van der Waals surface area (Å²) in [4.78, 5) is 7.05. The highest BCUT2D eigenvalue weighted by atomic mass is 28.3. The molecule has 1 aliphatic heterocycles. The summed E-state index contributed by atoms with van der Waals surface area (Å²) in [5.74, 6) is 0.919. The van der Waals surface area contributed by atoms with Crippen LogP contribution in [0, 0.1) is 6.92 Å². The Kier molecular flexibility index (Phi) is 5.16. The summed E-state index contributed by atoms with van der Waals surface area (Å²) in [5.41, 5.74) is 2.19. The average Bonchev–Trinajstić information content (AvgIpc) is 2.85. The summed E-state index contributed by atoms with van der Waals surface area (Å²) in [6, 6.07) is 6.22. The SMILES string of the molecule is Cc1ccc(O[Si](C)C)c(N=CCN2CCCC2)c1. The third-order valence-electron chi connectivity index (χ3n) is 3.20. The minimum absolute atomic E-state index is 0.746. The van der Waals surface area contributed by atoms with Crippen LogP contribution in [0.1, 0.15) is 18.4 Å². The van der Waals surface area contributed by atoms with E-state index in [2.05, 4.69) is 42.0 Å². The van der Waals surface area contributed by atoms with E-state index >= 15 is 0 Å². The van der Waals surface area contributed by atoms with Crippen molar-refractivity contribution in [2.24, 2.45) is 4.99 Å². The zero-order chi connectivity index (χ0) is 13.7. The molecule has 0 spiro atoms. The van der Waals surface area contributed by atoms with Gasteiger partial charge in [0.2, 0.25) is 0 Å². The van der Waals surface area contributed by atoms with Crippen LogP contribution in [0.4, 0.5) is 5.69 Å². The number of rotatable bonds is 5. The number of aryl methyl sites for hydroxylation is 1. The quantitative estimate of drug-likeness (QED) is 0.607. The van der Waals surface area contributed by atoms with Crippen molar-refractivity contribution in [2.75, 3.05) is 19.6 Å². The lowest BCUT2D eigenvalue weighted by Gasteiger charge is -2.13. The van der Waals surface area contributed by atoms with Gasteiger partial charge in [0, 0.05) is 12.8 Å². The minimum Gasteiger partial charge on any atom is -0.541 e. The Hall–Kier alpha value is -1.13. The van der Waals surface area contributed by atoms with E-state index in [1.165, 1.54) is 31.5 Å². The highest BCUT2D eigenvalue weighted by Crippen LogP contribution is 2.28. The van der Waals surface area contributed by atoms with Crippen molar-refractivity contribution in [3.63, 3.8) is 0 Å². The van der Waals surface area contributed by atoms with E-state index < -0.39 is 9.04 Å². The fourth-order valence-electron chi connectivity index (χ4n) is 2.25. The fourth-order valence-corrected chi connectivity index (χ4v) is 2.87. The molecule has 1 radical (unpaired) electrons. The molecular formula is C15H23N2OSi. The molecule has 0 aliphatic carbocycles. The third-order valence-corrected chi connectivity index (χ3v) is 3.83. The number of hydrogen-bond donors (Lipinski definition) is 0. The molecule has 1 aliphatic rings. The van der Waals surface area contributed by atoms with Gasteiger partial charge in [0.1, 0.15) is 11.4 Å². The molecule has 103 valence electrons. The first kappa shape index (κ1) is 14.3. The van der Waals surface area contributed by atoms with Gasteiger partial charge in [-0.3, -0.25) is 9.89 Å². The highest BCUT2D eigenvalue weighted by Gasteiger charge is 2.10. The van der Waals surface area contributed by atoms with Crippen LogP contribution < -0.4 is 4.43 Å². The van der Waals surface area contributed by atoms with Crippen molar-refractivity contribution in [2.45, 2.75) is 32.9 Å². The first-order valence-corrected chi connectivity index (χ1v) is 9.39. The molecule has 0 bridgehead atoms. The van der Waals surface area contributed by atoms with Crippen LogP contribution in [0.25, 0.3) is 0 Å². The number of likely N-dealkylation sites (tertiary alicyclic amines) is 1. The number of benzene rings is 1. The second-order valence-electron chi connectivity index (χ2n) is 5.30. The summed E-state index contributed by atoms with van der Waals surface area (Å²) in [5, 5.41) is 0. The smallest absolute Gasteiger partial charge is 0.274 e. The van der Waals surface area contributed by atoms with Crippen LogP contribution in [-0.4, -0.2) is 39.8 Å². The predicted octanol–water partition coefficient (Wildman–Crippen LogP) is 3.42. The van der Waals surface area contributed by atoms with Crippen LogP contribution in [0.15, 0.2) is 23.2 Å². The van der Waals surface area contributed by atoms with Gasteiger partial charge in [-0.15, -0.1) is 0 Å². The first-order chi connectivity index (χ1) is 9.15. The van der Waals surface area contributed by atoms with Crippen molar-refractivity contribution < 1.29 is 4.43 Å². The molecule has 1 saturated heterocycles. The maximum absolute atomic E-state index is 5.90. The molecule has 0 unspecified atom stereocenters. The van der Waals surface area contributed by atoms with E-state index in [1.807, 2.05) is 12.3 Å². The van der Waals surface area contributed by atoms with Crippen molar-refractivity contribution in [3.05, 3.63) is 23.8 Å². The summed E-state index contributed by atoms with van der Waals surface area (Å²) in [6.45, 7) is 9.74. The Morgan fingerprint density at radius 2 is 2.05 bits per heavy atom. The summed E-state index contributed by atoms with van der Waals surface area (Å²) in [7, 11) is -0.746. The van der Waals surface area contributed by atoms with Crippen molar-refractivity contribution in [3.8, 4) is 5.75 Å². The summed E-state index contributed by atoms with van der Waals surface area (Å²) in [6.07, 6.45) is 4.67. The van der Waals surface area contributed by atoms with Crippen LogP contribution in [0.5, 0.6) is 5.75 Å². The second kappa shape index (κ2) is 6.87. The number of aliphatic imine (C=N–C) groups is 1. The van der Waals surface area contributed by atoms with Gasteiger partial charge >= 0.3 is 0 Å². The van der Waals surface area contributed by atoms with Crippen LogP contribution in [0.3, 0.4) is 0 Å². The summed E-state index contributed by atoms with van der Waals surface area (Å²) < 4.78 is 5.90. The van der Waals surface area contributed by atoms with Gasteiger partial charge < -0.3 is 4.43 Å². The van der Waals surface area contributed by atoms with Crippen molar-refractivity contribution in [1.82, 2.24) is 4.90 Å². The Bertz CT molecular complexity index is 440. The van der Waals surface area contributed by atoms with Crippen LogP contribution >= 0.6 is 0 Å². The standard InChI is InChI=1S/C15H23N2OSi/c1-13-6-7-15(18-19(2)3)14(12-13)16-8-11-17-9-4-5-10-17/h6-8,12H,4-5,9-11H2,1-3H3. The molecule has 0 amide bonds. The normalized spacial score (nSPS) is 16.6. The lowest BCUT2D eigenvalue weighted by molar-refractivity contribution is 0.391. The van der Waals surface area contributed by atoms with E-state index in [-0.39, 0.29) is 0 Å². The molecule has 2 rings (SSSR count). The van der Waals surface area contributed by atoms with Gasteiger partial charge in [-0.05, 0) is 63.6 Å². The Labute approximate surface area is 118 Å². The zero-order valence-electron chi connectivity index (χ0n) is 12.1. The molecule has 3 nitrogen and oxygen atoms in total. The molecule has 0 saturated carbocycles. The number of nitrogens with zero attached hydrogens (tertiary/aromatic N) is 2. The van der Waals surface area contributed by atoms with Gasteiger partial charge in [-0.25, -0.2) is 0 Å². The lowest BCUT2D eigenvalue weighted by atomic mass is 10.2. The second-order valence-corrected chi connectivity index (χ2v) is 7.32. The van der Waals surface area contributed by atoms with E-state index in [0.29, 0.717) is 0 Å². The molecule has 4 heteroatoms. The molecule has 19 heavy (non-hydrogen) atoms. The van der Waals surface area contributed by atoms with Crippen molar-refractivity contribution in [1.29, 1.82) is 0 Å². The fraction of sp³-hybridized carbons (Fsp3) is 0.533. The van der Waals surface area contributed by atoms with E-state index in [1.54, 1.807) is 0 Å². The molecule has 0 aromatic heterocycles. The Morgan fingerprint density at radius 1 is 1.32 bits per heavy atom.